The molecule has 0 bridgehead atoms. The van der Waals surface area contributed by atoms with Gasteiger partial charge in [0.15, 0.2) is 0 Å². The monoisotopic (exact) mass is 478 g/mol. The van der Waals surface area contributed by atoms with Crippen molar-refractivity contribution in [1.82, 2.24) is 14.9 Å². The molecule has 1 saturated heterocycles. The summed E-state index contributed by atoms with van der Waals surface area (Å²) < 4.78 is 2.82. The summed E-state index contributed by atoms with van der Waals surface area (Å²) in [4.78, 5) is 43.4. The predicted octanol–water partition coefficient (Wildman–Crippen LogP) is 4.23. The molecule has 7 nitrogen and oxygen atoms in total. The number of carbonyl (C=O) groups is 3. The molecule has 4 rings (SSSR count). The zero-order valence-electron chi connectivity index (χ0n) is 17.1. The van der Waals surface area contributed by atoms with E-state index in [-0.39, 0.29) is 5.57 Å². The zero-order chi connectivity index (χ0) is 22.3. The number of halogens is 1. The van der Waals surface area contributed by atoms with E-state index in [0.29, 0.717) is 11.3 Å². The number of imide groups is 2. The summed E-state index contributed by atoms with van der Waals surface area (Å²) in [6.45, 7) is 5.63. The Bertz CT molecular complexity index is 1260. The molecule has 3 aromatic rings. The number of amides is 4. The molecule has 1 aromatic carbocycles. The number of carbonyl (C=O) groups excluding carboxylic acids is 3. The Balaban J connectivity index is 1.78. The van der Waals surface area contributed by atoms with Gasteiger partial charge in [0.2, 0.25) is 0 Å². The van der Waals surface area contributed by atoms with Gasteiger partial charge in [-0.05, 0) is 74.4 Å². The molecule has 0 unspecified atom stereocenters. The highest BCUT2D eigenvalue weighted by atomic mass is 79.9. The van der Waals surface area contributed by atoms with Crippen LogP contribution < -0.4 is 10.2 Å². The molecule has 8 heteroatoms. The van der Waals surface area contributed by atoms with Crippen LogP contribution in [-0.4, -0.2) is 27.4 Å². The lowest BCUT2D eigenvalue weighted by Gasteiger charge is -2.27. The normalized spacial score (nSPS) is 15.5. The third-order valence-corrected chi connectivity index (χ3v) is 5.67. The number of nitrogens with one attached hydrogen (secondary N) is 1. The van der Waals surface area contributed by atoms with Crippen LogP contribution in [0.15, 0.2) is 58.8 Å². The number of benzene rings is 1. The molecular weight excluding hydrogens is 460 g/mol. The third-order valence-electron chi connectivity index (χ3n) is 5.18. The number of pyridine rings is 1. The van der Waals surface area contributed by atoms with Crippen molar-refractivity contribution in [3.8, 4) is 5.69 Å². The molecule has 0 spiro atoms. The Kier molecular flexibility index (Phi) is 5.32. The second kappa shape index (κ2) is 7.96. The molecule has 1 aliphatic rings. The van der Waals surface area contributed by atoms with E-state index in [1.165, 1.54) is 6.08 Å². The van der Waals surface area contributed by atoms with Gasteiger partial charge in [0.05, 0.1) is 17.6 Å². The molecule has 4 amide bonds. The molecule has 2 aromatic heterocycles. The van der Waals surface area contributed by atoms with Crippen LogP contribution in [0.3, 0.4) is 0 Å². The summed E-state index contributed by atoms with van der Waals surface area (Å²) in [6.07, 6.45) is 4.97. The Morgan fingerprint density at radius 3 is 2.52 bits per heavy atom. The number of anilines is 1. The van der Waals surface area contributed by atoms with E-state index < -0.39 is 17.8 Å². The second-order valence-corrected chi connectivity index (χ2v) is 8.18. The number of hydrogen-bond donors (Lipinski definition) is 1. The van der Waals surface area contributed by atoms with Crippen LogP contribution >= 0.6 is 15.9 Å². The minimum Gasteiger partial charge on any atom is -0.316 e. The van der Waals surface area contributed by atoms with Crippen LogP contribution in [-0.2, 0) is 9.59 Å². The minimum atomic E-state index is -0.765. The van der Waals surface area contributed by atoms with Gasteiger partial charge in [-0.15, -0.1) is 0 Å². The number of hydrogen-bond acceptors (Lipinski definition) is 4. The van der Waals surface area contributed by atoms with E-state index >= 15 is 0 Å². The van der Waals surface area contributed by atoms with Crippen LogP contribution in [0.1, 0.15) is 22.5 Å². The van der Waals surface area contributed by atoms with Crippen LogP contribution in [0.4, 0.5) is 10.5 Å². The number of rotatable bonds is 3. The van der Waals surface area contributed by atoms with E-state index in [4.69, 9.17) is 0 Å². The van der Waals surface area contributed by atoms with Crippen LogP contribution in [0.25, 0.3) is 11.8 Å². The molecule has 0 aliphatic carbocycles. The number of nitrogens with zero attached hydrogens (tertiary/aromatic N) is 3. The SMILES string of the molecule is Cc1cc(Br)ccc1N1C(=O)NC(=O)/C(=C\c2cc(C)n(-c3cccnc3)c2C)C1=O. The van der Waals surface area contributed by atoms with Crippen molar-refractivity contribution in [1.29, 1.82) is 0 Å². The van der Waals surface area contributed by atoms with Crippen molar-refractivity contribution < 1.29 is 14.4 Å². The van der Waals surface area contributed by atoms with Gasteiger partial charge in [-0.3, -0.25) is 19.9 Å². The molecule has 31 heavy (non-hydrogen) atoms. The van der Waals surface area contributed by atoms with E-state index in [0.717, 1.165) is 32.0 Å². The molecule has 1 aliphatic heterocycles. The van der Waals surface area contributed by atoms with E-state index in [9.17, 15) is 14.4 Å². The first-order valence-corrected chi connectivity index (χ1v) is 10.3. The first kappa shape index (κ1) is 20.7. The highest BCUT2D eigenvalue weighted by Gasteiger charge is 2.37. The largest absolute Gasteiger partial charge is 0.335 e. The van der Waals surface area contributed by atoms with Crippen LogP contribution in [0.2, 0.25) is 0 Å². The molecule has 1 fully saturated rings. The Morgan fingerprint density at radius 1 is 1.06 bits per heavy atom. The first-order valence-electron chi connectivity index (χ1n) is 9.55. The third kappa shape index (κ3) is 3.70. The standard InChI is InChI=1S/C23H19BrN4O3/c1-13-9-17(24)6-7-20(13)28-22(30)19(21(29)26-23(28)31)11-16-10-14(2)27(15(16)3)18-5-4-8-25-12-18/h4-12H,1-3H3,(H,26,29,31)/b19-11+. The van der Waals surface area contributed by atoms with E-state index in [2.05, 4.69) is 26.2 Å². The van der Waals surface area contributed by atoms with Crippen molar-refractivity contribution in [2.45, 2.75) is 20.8 Å². The van der Waals surface area contributed by atoms with Gasteiger partial charge in [0.1, 0.15) is 5.57 Å². The van der Waals surface area contributed by atoms with Gasteiger partial charge in [-0.2, -0.15) is 0 Å². The van der Waals surface area contributed by atoms with Crippen LogP contribution in [0, 0.1) is 20.8 Å². The van der Waals surface area contributed by atoms with Crippen molar-refractivity contribution >= 4 is 45.5 Å². The summed E-state index contributed by atoms with van der Waals surface area (Å²) in [5.41, 5.74) is 4.41. The lowest BCUT2D eigenvalue weighted by molar-refractivity contribution is -0.122. The topological polar surface area (TPSA) is 84.3 Å². The molecule has 1 N–H and O–H groups in total. The predicted molar refractivity (Wildman–Crippen MR) is 121 cm³/mol. The second-order valence-electron chi connectivity index (χ2n) is 7.26. The fourth-order valence-electron chi connectivity index (χ4n) is 3.72. The Hall–Kier alpha value is -3.52. The lowest BCUT2D eigenvalue weighted by Crippen LogP contribution is -2.54. The molecule has 0 saturated carbocycles. The van der Waals surface area contributed by atoms with Gasteiger partial charge in [0, 0.05) is 22.1 Å². The maximum atomic E-state index is 13.2. The summed E-state index contributed by atoms with van der Waals surface area (Å²) in [6, 6.07) is 10.1. The number of aryl methyl sites for hydroxylation is 2. The Morgan fingerprint density at radius 2 is 1.84 bits per heavy atom. The highest BCUT2D eigenvalue weighted by molar-refractivity contribution is 9.10. The number of aromatic nitrogens is 2. The molecule has 0 atom stereocenters. The highest BCUT2D eigenvalue weighted by Crippen LogP contribution is 2.29. The zero-order valence-corrected chi connectivity index (χ0v) is 18.7. The van der Waals surface area contributed by atoms with Crippen molar-refractivity contribution in [3.63, 3.8) is 0 Å². The van der Waals surface area contributed by atoms with Crippen LogP contribution in [0.5, 0.6) is 0 Å². The lowest BCUT2D eigenvalue weighted by atomic mass is 10.1. The van der Waals surface area contributed by atoms with Gasteiger partial charge in [-0.1, -0.05) is 15.9 Å². The molecule has 3 heterocycles. The molecular formula is C23H19BrN4O3. The average molecular weight is 479 g/mol. The summed E-state index contributed by atoms with van der Waals surface area (Å²) >= 11 is 3.38. The maximum Gasteiger partial charge on any atom is 0.335 e. The van der Waals surface area contributed by atoms with E-state index in [1.807, 2.05) is 36.6 Å². The minimum absolute atomic E-state index is 0.103. The number of barbiturate groups is 1. The van der Waals surface area contributed by atoms with Crippen molar-refractivity contribution in [2.24, 2.45) is 0 Å². The van der Waals surface area contributed by atoms with Gasteiger partial charge < -0.3 is 4.57 Å². The summed E-state index contributed by atoms with van der Waals surface area (Å²) in [7, 11) is 0. The van der Waals surface area contributed by atoms with Crippen molar-refractivity contribution in [2.75, 3.05) is 4.90 Å². The molecule has 156 valence electrons. The van der Waals surface area contributed by atoms with Crippen molar-refractivity contribution in [3.05, 3.63) is 81.4 Å². The summed E-state index contributed by atoms with van der Waals surface area (Å²) in [5, 5.41) is 2.27. The average Bonchev–Trinajstić information content (AvgIpc) is 3.00. The smallest absolute Gasteiger partial charge is 0.316 e. The van der Waals surface area contributed by atoms with E-state index in [1.54, 1.807) is 37.5 Å². The van der Waals surface area contributed by atoms with Gasteiger partial charge in [-0.25, -0.2) is 9.69 Å². The maximum absolute atomic E-state index is 13.2. The fraction of sp³-hybridized carbons (Fsp3) is 0.130. The number of urea groups is 1. The molecule has 0 radical (unpaired) electrons. The van der Waals surface area contributed by atoms with Gasteiger partial charge in [0.25, 0.3) is 11.8 Å². The van der Waals surface area contributed by atoms with Gasteiger partial charge >= 0.3 is 6.03 Å². The summed E-state index contributed by atoms with van der Waals surface area (Å²) in [5.74, 6) is -1.38. The quantitative estimate of drug-likeness (QED) is 0.450. The first-order chi connectivity index (χ1) is 14.8. The fourth-order valence-corrected chi connectivity index (χ4v) is 4.19. The Labute approximate surface area is 187 Å².